The minimum Gasteiger partial charge on any atom is -0.444 e. The molecule has 0 bridgehead atoms. The number of carbonyl (C=O) groups excluding carboxylic acids is 1. The summed E-state index contributed by atoms with van der Waals surface area (Å²) in [6.45, 7) is 6.54. The molecule has 10 heteroatoms. The molecule has 1 saturated heterocycles. The van der Waals surface area contributed by atoms with Crippen molar-refractivity contribution in [3.8, 4) is 0 Å². The molecule has 9 nitrogen and oxygen atoms in total. The number of benzene rings is 1. The molecule has 0 spiro atoms. The average Bonchev–Trinajstić information content (AvgIpc) is 3.04. The fraction of sp³-hybridized carbons (Fsp3) is 0.556. The van der Waals surface area contributed by atoms with Crippen LogP contribution in [-0.4, -0.2) is 49.6 Å². The second-order valence-corrected chi connectivity index (χ2v) is 9.21. The van der Waals surface area contributed by atoms with Crippen molar-refractivity contribution < 1.29 is 23.1 Å². The summed E-state index contributed by atoms with van der Waals surface area (Å²) in [4.78, 5) is 28.4. The van der Waals surface area contributed by atoms with Gasteiger partial charge in [0.25, 0.3) is 10.9 Å². The summed E-state index contributed by atoms with van der Waals surface area (Å²) in [6, 6.07) is 4.07. The Bertz CT molecular complexity index is 920. The number of non-ortho nitro benzene ring substituents is 1. The molecule has 2 aromatic rings. The van der Waals surface area contributed by atoms with Gasteiger partial charge in [-0.15, -0.1) is 0 Å². The number of nitrogens with zero attached hydrogens (tertiary/aromatic N) is 3. The molecule has 0 aliphatic carbocycles. The van der Waals surface area contributed by atoms with E-state index in [0.29, 0.717) is 29.9 Å². The summed E-state index contributed by atoms with van der Waals surface area (Å²) in [5.41, 5.74) is -0.00355. The van der Waals surface area contributed by atoms with Gasteiger partial charge < -0.3 is 14.1 Å². The molecule has 0 saturated carbocycles. The van der Waals surface area contributed by atoms with Crippen molar-refractivity contribution in [3.63, 3.8) is 0 Å². The van der Waals surface area contributed by atoms with Crippen LogP contribution in [0.15, 0.2) is 27.8 Å². The number of nitro benzene ring substituents is 1. The lowest BCUT2D eigenvalue weighted by atomic mass is 10.0. The minimum absolute atomic E-state index is 0.0338. The van der Waals surface area contributed by atoms with Gasteiger partial charge in [-0.25, -0.2) is 14.0 Å². The number of ether oxygens (including phenoxy) is 1. The van der Waals surface area contributed by atoms with Crippen LogP contribution >= 0.6 is 0 Å². The first kappa shape index (κ1) is 20.2. The maximum absolute atomic E-state index is 12.7. The van der Waals surface area contributed by atoms with Crippen LogP contribution in [-0.2, 0) is 15.5 Å². The molecule has 1 aromatic heterocycles. The molecule has 1 aliphatic heterocycles. The molecule has 1 aromatic carbocycles. The molecule has 1 aliphatic rings. The summed E-state index contributed by atoms with van der Waals surface area (Å²) in [6.07, 6.45) is 1.29. The molecule has 1 amide bonds. The van der Waals surface area contributed by atoms with Gasteiger partial charge in [0.15, 0.2) is 5.58 Å². The molecule has 3 rings (SSSR count). The smallest absolute Gasteiger partial charge is 0.410 e. The Morgan fingerprint density at radius 2 is 2.21 bits per heavy atom. The number of fused-ring (bicyclic) bond motifs is 1. The highest BCUT2D eigenvalue weighted by Crippen LogP contribution is 2.25. The number of hydrogen-bond acceptors (Lipinski definition) is 7. The molecule has 152 valence electrons. The number of aromatic nitrogens is 1. The third kappa shape index (κ3) is 4.86. The number of piperidine rings is 1. The van der Waals surface area contributed by atoms with E-state index in [1.165, 1.54) is 18.2 Å². The van der Waals surface area contributed by atoms with Crippen molar-refractivity contribution >= 4 is 33.7 Å². The van der Waals surface area contributed by atoms with E-state index < -0.39 is 21.3 Å². The maximum Gasteiger partial charge on any atom is 0.410 e. The number of nitro groups is 1. The number of carbonyl (C=O) groups is 1. The Balaban J connectivity index is 1.66. The molecule has 0 unspecified atom stereocenters. The molecule has 28 heavy (non-hydrogen) atoms. The lowest BCUT2D eigenvalue weighted by Crippen LogP contribution is -2.43. The second kappa shape index (κ2) is 7.86. The highest BCUT2D eigenvalue weighted by atomic mass is 32.2. The zero-order valence-electron chi connectivity index (χ0n) is 16.0. The SMILES string of the molecule is CC(C)(C)OC(=O)N1CCC[C@@H](C[S@](=O)c2nc3cc([N+](=O)[O-])ccc3o2)C1. The highest BCUT2D eigenvalue weighted by molar-refractivity contribution is 7.84. The Morgan fingerprint density at radius 1 is 1.46 bits per heavy atom. The summed E-state index contributed by atoms with van der Waals surface area (Å²) < 4.78 is 23.6. The summed E-state index contributed by atoms with van der Waals surface area (Å²) in [7, 11) is -1.50. The van der Waals surface area contributed by atoms with Crippen LogP contribution in [0.5, 0.6) is 0 Å². The average molecular weight is 409 g/mol. The van der Waals surface area contributed by atoms with Gasteiger partial charge in [-0.05, 0) is 45.6 Å². The van der Waals surface area contributed by atoms with Crippen LogP contribution in [0.3, 0.4) is 0 Å². The molecule has 0 N–H and O–H groups in total. The first-order chi connectivity index (χ1) is 13.1. The van der Waals surface area contributed by atoms with Gasteiger partial charge in [-0.1, -0.05) is 0 Å². The Morgan fingerprint density at radius 3 is 2.89 bits per heavy atom. The summed E-state index contributed by atoms with van der Waals surface area (Å²) in [5.74, 6) is 0.334. The second-order valence-electron chi connectivity index (χ2n) is 7.84. The van der Waals surface area contributed by atoms with Crippen molar-refractivity contribution in [1.29, 1.82) is 0 Å². The molecule has 1 fully saturated rings. The van der Waals surface area contributed by atoms with Crippen molar-refractivity contribution in [1.82, 2.24) is 9.88 Å². The van der Waals surface area contributed by atoms with Gasteiger partial charge in [0.1, 0.15) is 21.9 Å². The predicted molar refractivity (Wildman–Crippen MR) is 102 cm³/mol. The Kier molecular flexibility index (Phi) is 5.69. The van der Waals surface area contributed by atoms with Crippen LogP contribution in [0.1, 0.15) is 33.6 Å². The topological polar surface area (TPSA) is 116 Å². The fourth-order valence-corrected chi connectivity index (χ4v) is 4.31. The van der Waals surface area contributed by atoms with E-state index >= 15 is 0 Å². The van der Waals surface area contributed by atoms with Crippen LogP contribution in [0.4, 0.5) is 10.5 Å². The Hall–Kier alpha value is -2.49. The van der Waals surface area contributed by atoms with Gasteiger partial charge in [0.2, 0.25) is 0 Å². The zero-order chi connectivity index (χ0) is 20.5. The molecule has 2 atom stereocenters. The monoisotopic (exact) mass is 409 g/mol. The van der Waals surface area contributed by atoms with Crippen LogP contribution < -0.4 is 0 Å². The lowest BCUT2D eigenvalue weighted by Gasteiger charge is -2.33. The molecule has 0 radical (unpaired) electrons. The number of likely N-dealkylation sites (tertiary alicyclic amines) is 1. The normalized spacial score (nSPS) is 18.8. The minimum atomic E-state index is -1.50. The van der Waals surface area contributed by atoms with Crippen molar-refractivity contribution in [2.24, 2.45) is 5.92 Å². The van der Waals surface area contributed by atoms with E-state index in [1.54, 1.807) is 4.90 Å². The molecule has 2 heterocycles. The van der Waals surface area contributed by atoms with Crippen molar-refractivity contribution in [3.05, 3.63) is 28.3 Å². The van der Waals surface area contributed by atoms with Gasteiger partial charge >= 0.3 is 6.09 Å². The largest absolute Gasteiger partial charge is 0.444 e. The molecular formula is C18H23N3O6S. The Labute approximate surface area is 164 Å². The molecular weight excluding hydrogens is 386 g/mol. The van der Waals surface area contributed by atoms with Crippen LogP contribution in [0, 0.1) is 16.0 Å². The van der Waals surface area contributed by atoms with Gasteiger partial charge in [-0.3, -0.25) is 10.1 Å². The standard InChI is InChI=1S/C18H23N3O6S/c1-18(2,3)27-17(22)20-8-4-5-12(10-20)11-28(25)16-19-14-9-13(21(23)24)6-7-15(14)26-16/h6-7,9,12H,4-5,8,10-11H2,1-3H3/t12-,28+/m1/s1. The van der Waals surface area contributed by atoms with E-state index in [2.05, 4.69) is 4.98 Å². The fourth-order valence-electron chi connectivity index (χ4n) is 3.08. The number of rotatable bonds is 4. The van der Waals surface area contributed by atoms with Gasteiger partial charge in [0.05, 0.1) is 4.92 Å². The quantitative estimate of drug-likeness (QED) is 0.560. The van der Waals surface area contributed by atoms with Crippen molar-refractivity contribution in [2.75, 3.05) is 18.8 Å². The first-order valence-corrected chi connectivity index (χ1v) is 10.4. The maximum atomic E-state index is 12.7. The van der Waals surface area contributed by atoms with E-state index in [9.17, 15) is 19.1 Å². The van der Waals surface area contributed by atoms with Gasteiger partial charge in [0, 0.05) is 31.0 Å². The number of hydrogen-bond donors (Lipinski definition) is 0. The van der Waals surface area contributed by atoms with E-state index in [1.807, 2.05) is 20.8 Å². The van der Waals surface area contributed by atoms with E-state index in [4.69, 9.17) is 9.15 Å². The third-order valence-corrected chi connectivity index (χ3v) is 5.65. The van der Waals surface area contributed by atoms with E-state index in [-0.39, 0.29) is 22.9 Å². The number of oxazole rings is 1. The van der Waals surface area contributed by atoms with E-state index in [0.717, 1.165) is 12.8 Å². The first-order valence-electron chi connectivity index (χ1n) is 9.03. The third-order valence-electron chi connectivity index (χ3n) is 4.31. The van der Waals surface area contributed by atoms with Crippen molar-refractivity contribution in [2.45, 2.75) is 44.4 Å². The lowest BCUT2D eigenvalue weighted by molar-refractivity contribution is -0.384. The number of amides is 1. The highest BCUT2D eigenvalue weighted by Gasteiger charge is 2.29. The summed E-state index contributed by atoms with van der Waals surface area (Å²) in [5, 5.41) is 10.9. The zero-order valence-corrected chi connectivity index (χ0v) is 16.9. The van der Waals surface area contributed by atoms with Crippen LogP contribution in [0.2, 0.25) is 0 Å². The van der Waals surface area contributed by atoms with Gasteiger partial charge in [-0.2, -0.15) is 0 Å². The predicted octanol–water partition coefficient (Wildman–Crippen LogP) is 3.49. The summed E-state index contributed by atoms with van der Waals surface area (Å²) >= 11 is 0. The van der Waals surface area contributed by atoms with Crippen LogP contribution in [0.25, 0.3) is 11.1 Å².